The van der Waals surface area contributed by atoms with Gasteiger partial charge in [-0.05, 0) is 0 Å². The summed E-state index contributed by atoms with van der Waals surface area (Å²) in [5.74, 6) is -2.26. The zero-order valence-electron chi connectivity index (χ0n) is 6.68. The van der Waals surface area contributed by atoms with Crippen LogP contribution in [-0.2, 0) is 0 Å². The lowest BCUT2D eigenvalue weighted by atomic mass is 10.6. The van der Waals surface area contributed by atoms with Gasteiger partial charge in [0.05, 0.1) is 6.20 Å². The summed E-state index contributed by atoms with van der Waals surface area (Å²) in [6.07, 6.45) is -3.92. The summed E-state index contributed by atoms with van der Waals surface area (Å²) in [7, 11) is 0. The molecule has 0 amide bonds. The third-order valence-corrected chi connectivity index (χ3v) is 1.10. The maximum absolute atomic E-state index is 12.7. The number of nitrogens with zero attached hydrogens (tertiary/aromatic N) is 2. The molecule has 1 rings (SSSR count). The van der Waals surface area contributed by atoms with E-state index in [-0.39, 0.29) is 5.95 Å². The third kappa shape index (κ3) is 3.04. The SMILES string of the molecule is Nc1ncc(F)c(OCC(F)(F)F)n1. The molecule has 0 saturated carbocycles. The second-order valence-corrected chi connectivity index (χ2v) is 2.29. The number of hydrogen-bond donors (Lipinski definition) is 1. The first-order valence-electron chi connectivity index (χ1n) is 3.36. The van der Waals surface area contributed by atoms with E-state index < -0.39 is 24.5 Å². The Hall–Kier alpha value is -1.60. The van der Waals surface area contributed by atoms with Gasteiger partial charge in [-0.2, -0.15) is 22.5 Å². The molecule has 4 nitrogen and oxygen atoms in total. The van der Waals surface area contributed by atoms with Crippen LogP contribution < -0.4 is 10.5 Å². The summed E-state index contributed by atoms with van der Waals surface area (Å²) < 4.78 is 51.7. The number of ether oxygens (including phenoxy) is 1. The van der Waals surface area contributed by atoms with E-state index in [4.69, 9.17) is 5.73 Å². The van der Waals surface area contributed by atoms with E-state index in [9.17, 15) is 17.6 Å². The van der Waals surface area contributed by atoms with Crippen LogP contribution in [0, 0.1) is 5.82 Å². The van der Waals surface area contributed by atoms with Crippen LogP contribution in [0.5, 0.6) is 5.88 Å². The molecular formula is C6H5F4N3O. The van der Waals surface area contributed by atoms with Crippen LogP contribution >= 0.6 is 0 Å². The second kappa shape index (κ2) is 3.64. The van der Waals surface area contributed by atoms with Crippen molar-refractivity contribution >= 4 is 5.95 Å². The fourth-order valence-electron chi connectivity index (χ4n) is 0.616. The van der Waals surface area contributed by atoms with Gasteiger partial charge in [0.25, 0.3) is 5.88 Å². The summed E-state index contributed by atoms with van der Waals surface area (Å²) in [4.78, 5) is 6.36. The number of aromatic nitrogens is 2. The molecule has 78 valence electrons. The third-order valence-electron chi connectivity index (χ3n) is 1.10. The van der Waals surface area contributed by atoms with Gasteiger partial charge in [-0.3, -0.25) is 0 Å². The Morgan fingerprint density at radius 1 is 1.43 bits per heavy atom. The van der Waals surface area contributed by atoms with E-state index in [1.54, 1.807) is 0 Å². The van der Waals surface area contributed by atoms with Crippen molar-refractivity contribution in [3.05, 3.63) is 12.0 Å². The summed E-state index contributed by atoms with van der Waals surface area (Å²) in [6.45, 7) is -1.62. The molecule has 14 heavy (non-hydrogen) atoms. The van der Waals surface area contributed by atoms with E-state index in [2.05, 4.69) is 14.7 Å². The fourth-order valence-corrected chi connectivity index (χ4v) is 0.616. The molecule has 1 aromatic heterocycles. The van der Waals surface area contributed by atoms with Crippen molar-refractivity contribution in [1.82, 2.24) is 9.97 Å². The van der Waals surface area contributed by atoms with Crippen LogP contribution in [0.4, 0.5) is 23.5 Å². The van der Waals surface area contributed by atoms with Gasteiger partial charge in [0.1, 0.15) is 0 Å². The molecule has 0 radical (unpaired) electrons. The van der Waals surface area contributed by atoms with E-state index in [1.807, 2.05) is 0 Å². The molecule has 1 heterocycles. The standard InChI is InChI=1S/C6H5F4N3O/c7-3-1-12-5(11)13-4(3)14-2-6(8,9)10/h1H,2H2,(H2,11,12,13). The van der Waals surface area contributed by atoms with Gasteiger partial charge in [0, 0.05) is 0 Å². The molecule has 0 aliphatic rings. The van der Waals surface area contributed by atoms with Gasteiger partial charge in [-0.1, -0.05) is 0 Å². The minimum Gasteiger partial charge on any atom is -0.466 e. The monoisotopic (exact) mass is 211 g/mol. The highest BCUT2D eigenvalue weighted by Gasteiger charge is 2.29. The van der Waals surface area contributed by atoms with Crippen molar-refractivity contribution in [3.8, 4) is 5.88 Å². The minimum absolute atomic E-state index is 0.358. The number of halogens is 4. The maximum atomic E-state index is 12.7. The number of nitrogens with two attached hydrogens (primary N) is 1. The van der Waals surface area contributed by atoms with Crippen LogP contribution in [0.15, 0.2) is 6.20 Å². The molecule has 0 aromatic carbocycles. The molecule has 8 heteroatoms. The van der Waals surface area contributed by atoms with Crippen molar-refractivity contribution in [2.75, 3.05) is 12.3 Å². The molecule has 0 spiro atoms. The molecule has 2 N–H and O–H groups in total. The van der Waals surface area contributed by atoms with Crippen LogP contribution in [0.1, 0.15) is 0 Å². The minimum atomic E-state index is -4.55. The van der Waals surface area contributed by atoms with E-state index >= 15 is 0 Å². The van der Waals surface area contributed by atoms with E-state index in [0.717, 1.165) is 0 Å². The quantitative estimate of drug-likeness (QED) is 0.745. The van der Waals surface area contributed by atoms with Gasteiger partial charge in [0.15, 0.2) is 6.61 Å². The highest BCUT2D eigenvalue weighted by Crippen LogP contribution is 2.19. The van der Waals surface area contributed by atoms with Gasteiger partial charge in [-0.15, -0.1) is 0 Å². The maximum Gasteiger partial charge on any atom is 0.422 e. The van der Waals surface area contributed by atoms with Crippen molar-refractivity contribution in [2.24, 2.45) is 0 Å². The van der Waals surface area contributed by atoms with E-state index in [0.29, 0.717) is 6.20 Å². The average Bonchev–Trinajstić information content (AvgIpc) is 2.05. The zero-order chi connectivity index (χ0) is 10.8. The average molecular weight is 211 g/mol. The largest absolute Gasteiger partial charge is 0.466 e. The van der Waals surface area contributed by atoms with Crippen molar-refractivity contribution < 1.29 is 22.3 Å². The highest BCUT2D eigenvalue weighted by atomic mass is 19.4. The van der Waals surface area contributed by atoms with Gasteiger partial charge < -0.3 is 10.5 Å². The van der Waals surface area contributed by atoms with Crippen LogP contribution in [-0.4, -0.2) is 22.8 Å². The summed E-state index contributed by atoms with van der Waals surface area (Å²) in [5.41, 5.74) is 5.02. The predicted molar refractivity (Wildman–Crippen MR) is 38.0 cm³/mol. The van der Waals surface area contributed by atoms with Crippen molar-refractivity contribution in [3.63, 3.8) is 0 Å². The molecule has 0 aliphatic carbocycles. The number of hydrogen-bond acceptors (Lipinski definition) is 4. The molecule has 0 aliphatic heterocycles. The first kappa shape index (κ1) is 10.5. The Morgan fingerprint density at radius 3 is 2.64 bits per heavy atom. The normalized spacial score (nSPS) is 11.4. The van der Waals surface area contributed by atoms with Crippen molar-refractivity contribution in [1.29, 1.82) is 0 Å². The topological polar surface area (TPSA) is 61.0 Å². The zero-order valence-corrected chi connectivity index (χ0v) is 6.68. The van der Waals surface area contributed by atoms with E-state index in [1.165, 1.54) is 0 Å². The molecule has 0 unspecified atom stereocenters. The first-order valence-corrected chi connectivity index (χ1v) is 3.36. The molecule has 1 aromatic rings. The Kier molecular flexibility index (Phi) is 2.73. The Balaban J connectivity index is 2.72. The molecule has 0 fully saturated rings. The lowest BCUT2D eigenvalue weighted by Crippen LogP contribution is -2.20. The van der Waals surface area contributed by atoms with Gasteiger partial charge in [0.2, 0.25) is 11.8 Å². The lowest BCUT2D eigenvalue weighted by molar-refractivity contribution is -0.154. The Labute approximate surface area is 75.7 Å². The smallest absolute Gasteiger partial charge is 0.422 e. The fraction of sp³-hybridized carbons (Fsp3) is 0.333. The molecule has 0 atom stereocenters. The van der Waals surface area contributed by atoms with Crippen LogP contribution in [0.25, 0.3) is 0 Å². The Bertz CT molecular complexity index is 327. The van der Waals surface area contributed by atoms with Gasteiger partial charge in [-0.25, -0.2) is 4.98 Å². The Morgan fingerprint density at radius 2 is 2.07 bits per heavy atom. The summed E-state index contributed by atoms with van der Waals surface area (Å²) in [6, 6.07) is 0. The lowest BCUT2D eigenvalue weighted by Gasteiger charge is -2.08. The van der Waals surface area contributed by atoms with Crippen LogP contribution in [0.2, 0.25) is 0 Å². The predicted octanol–water partition coefficient (Wildman–Crippen LogP) is 1.14. The molecule has 0 saturated heterocycles. The van der Waals surface area contributed by atoms with Gasteiger partial charge >= 0.3 is 6.18 Å². The molecular weight excluding hydrogens is 206 g/mol. The summed E-state index contributed by atoms with van der Waals surface area (Å²) in [5, 5.41) is 0. The molecule has 0 bridgehead atoms. The van der Waals surface area contributed by atoms with Crippen molar-refractivity contribution in [2.45, 2.75) is 6.18 Å². The van der Waals surface area contributed by atoms with Crippen LogP contribution in [0.3, 0.4) is 0 Å². The highest BCUT2D eigenvalue weighted by molar-refractivity contribution is 5.22. The number of nitrogen functional groups attached to an aromatic ring is 1. The number of alkyl halides is 3. The number of rotatable bonds is 2. The second-order valence-electron chi connectivity index (χ2n) is 2.29. The number of anilines is 1. The first-order chi connectivity index (χ1) is 6.38. The summed E-state index contributed by atoms with van der Waals surface area (Å²) >= 11 is 0.